The largest absolute Gasteiger partial charge is 0.268 e. The molecule has 4 heterocycles. The first kappa shape index (κ1) is 15.7. The molecule has 0 atom stereocenters. The van der Waals surface area contributed by atoms with Crippen LogP contribution in [0.1, 0.15) is 0 Å². The van der Waals surface area contributed by atoms with Gasteiger partial charge in [-0.15, -0.1) is 0 Å². The zero-order valence-electron chi connectivity index (χ0n) is 14.3. The maximum absolute atomic E-state index is 13.4. The van der Waals surface area contributed by atoms with Crippen molar-refractivity contribution in [3.63, 3.8) is 0 Å². The second-order valence-electron chi connectivity index (χ2n) is 6.78. The lowest BCUT2D eigenvalue weighted by Gasteiger charge is -2.13. The molecule has 0 N–H and O–H groups in total. The highest BCUT2D eigenvalue weighted by Crippen LogP contribution is 2.33. The molecule has 0 aliphatic heterocycles. The Balaban J connectivity index is 2.06. The van der Waals surface area contributed by atoms with Crippen molar-refractivity contribution in [1.82, 2.24) is 14.4 Å². The molecule has 132 valence electrons. The van der Waals surface area contributed by atoms with E-state index in [1.807, 2.05) is 36.4 Å². The number of nitrogens with zero attached hydrogens (tertiary/aromatic N) is 3. The third kappa shape index (κ3) is 1.90. The maximum atomic E-state index is 13.4. The van der Waals surface area contributed by atoms with Gasteiger partial charge in [0.2, 0.25) is 0 Å². The SMILES string of the molecule is O=c1c2ccccc2c2cc(Br)cc3c4nc5ncccc5cc4c(=O)n1c23. The van der Waals surface area contributed by atoms with Crippen molar-refractivity contribution in [2.45, 2.75) is 0 Å². The predicted molar refractivity (Wildman–Crippen MR) is 114 cm³/mol. The van der Waals surface area contributed by atoms with Gasteiger partial charge in [-0.2, -0.15) is 0 Å². The highest BCUT2D eigenvalue weighted by molar-refractivity contribution is 9.10. The van der Waals surface area contributed by atoms with E-state index < -0.39 is 0 Å². The molecule has 0 aliphatic carbocycles. The van der Waals surface area contributed by atoms with Crippen LogP contribution in [0.3, 0.4) is 0 Å². The van der Waals surface area contributed by atoms with E-state index in [1.54, 1.807) is 24.4 Å². The lowest BCUT2D eigenvalue weighted by atomic mass is 10.0. The van der Waals surface area contributed by atoms with Gasteiger partial charge in [0.05, 0.1) is 16.4 Å². The fraction of sp³-hybridized carbons (Fsp3) is 0. The van der Waals surface area contributed by atoms with Crippen LogP contribution in [-0.4, -0.2) is 14.4 Å². The van der Waals surface area contributed by atoms with E-state index in [0.717, 1.165) is 26.0 Å². The van der Waals surface area contributed by atoms with Crippen LogP contribution in [0.4, 0.5) is 0 Å². The molecule has 0 unspecified atom stereocenters. The van der Waals surface area contributed by atoms with Crippen molar-refractivity contribution in [1.29, 1.82) is 0 Å². The van der Waals surface area contributed by atoms with E-state index in [9.17, 15) is 9.59 Å². The molecule has 0 amide bonds. The zero-order chi connectivity index (χ0) is 19.0. The average molecular weight is 428 g/mol. The van der Waals surface area contributed by atoms with Crippen molar-refractivity contribution in [2.24, 2.45) is 0 Å². The third-order valence-corrected chi connectivity index (χ3v) is 5.69. The maximum Gasteiger partial charge on any atom is 0.267 e. The van der Waals surface area contributed by atoms with Crippen LogP contribution in [0.25, 0.3) is 49.0 Å². The minimum Gasteiger partial charge on any atom is -0.268 e. The molecule has 0 spiro atoms. The van der Waals surface area contributed by atoms with Crippen LogP contribution < -0.4 is 11.1 Å². The Hall–Kier alpha value is -3.38. The molecule has 6 rings (SSSR count). The van der Waals surface area contributed by atoms with E-state index in [4.69, 9.17) is 0 Å². The first-order chi connectivity index (χ1) is 13.6. The van der Waals surface area contributed by atoms with Gasteiger partial charge in [-0.1, -0.05) is 34.1 Å². The zero-order valence-corrected chi connectivity index (χ0v) is 15.9. The van der Waals surface area contributed by atoms with Crippen LogP contribution >= 0.6 is 15.9 Å². The van der Waals surface area contributed by atoms with E-state index in [0.29, 0.717) is 27.5 Å². The molecule has 0 aliphatic rings. The standard InChI is InChI=1S/C22H10BrN3O2/c23-12-9-15-13-5-1-2-6-14(13)21(27)26-19(15)16(10-12)18-17(22(26)28)8-11-4-3-7-24-20(11)25-18/h1-10H. The summed E-state index contributed by atoms with van der Waals surface area (Å²) in [4.78, 5) is 35.6. The van der Waals surface area contributed by atoms with Gasteiger partial charge in [0.25, 0.3) is 11.1 Å². The summed E-state index contributed by atoms with van der Waals surface area (Å²) in [6.07, 6.45) is 1.68. The molecule has 28 heavy (non-hydrogen) atoms. The van der Waals surface area contributed by atoms with Crippen LogP contribution in [-0.2, 0) is 0 Å². The second-order valence-corrected chi connectivity index (χ2v) is 7.69. The molecule has 6 aromatic rings. The summed E-state index contributed by atoms with van der Waals surface area (Å²) in [5, 5.41) is 4.08. The molecule has 2 aromatic carbocycles. The molecule has 0 saturated heterocycles. The van der Waals surface area contributed by atoms with Crippen molar-refractivity contribution >= 4 is 64.9 Å². The van der Waals surface area contributed by atoms with Crippen LogP contribution in [0, 0.1) is 0 Å². The number of pyridine rings is 4. The van der Waals surface area contributed by atoms with Gasteiger partial charge in [0, 0.05) is 32.2 Å². The first-order valence-electron chi connectivity index (χ1n) is 8.71. The third-order valence-electron chi connectivity index (χ3n) is 5.23. The van der Waals surface area contributed by atoms with Crippen molar-refractivity contribution in [2.75, 3.05) is 0 Å². The predicted octanol–water partition coefficient (Wildman–Crippen LogP) is 4.26. The molecule has 5 nitrogen and oxygen atoms in total. The molecular weight excluding hydrogens is 418 g/mol. The van der Waals surface area contributed by atoms with Gasteiger partial charge in [0.1, 0.15) is 0 Å². The average Bonchev–Trinajstić information content (AvgIpc) is 2.72. The lowest BCUT2D eigenvalue weighted by molar-refractivity contribution is 1.09. The van der Waals surface area contributed by atoms with Crippen molar-refractivity contribution in [3.8, 4) is 0 Å². The minimum absolute atomic E-state index is 0.311. The Morgan fingerprint density at radius 2 is 1.54 bits per heavy atom. The summed E-state index contributed by atoms with van der Waals surface area (Å²) in [6, 6.07) is 16.6. The van der Waals surface area contributed by atoms with E-state index in [-0.39, 0.29) is 11.1 Å². The number of aromatic nitrogens is 3. The first-order valence-corrected chi connectivity index (χ1v) is 9.50. The normalized spacial score (nSPS) is 12.0. The lowest BCUT2D eigenvalue weighted by Crippen LogP contribution is -2.27. The topological polar surface area (TPSA) is 64.3 Å². The summed E-state index contributed by atoms with van der Waals surface area (Å²) >= 11 is 3.58. The van der Waals surface area contributed by atoms with Gasteiger partial charge in [-0.3, -0.25) is 9.59 Å². The molecule has 6 heteroatoms. The van der Waals surface area contributed by atoms with Gasteiger partial charge < -0.3 is 0 Å². The Kier molecular flexibility index (Phi) is 2.98. The van der Waals surface area contributed by atoms with Gasteiger partial charge in [-0.05, 0) is 41.8 Å². The molecule has 0 radical (unpaired) electrons. The number of halogens is 1. The summed E-state index contributed by atoms with van der Waals surface area (Å²) in [7, 11) is 0. The highest BCUT2D eigenvalue weighted by Gasteiger charge is 2.18. The smallest absolute Gasteiger partial charge is 0.267 e. The van der Waals surface area contributed by atoms with Gasteiger partial charge in [0.15, 0.2) is 5.65 Å². The van der Waals surface area contributed by atoms with Crippen LogP contribution in [0.5, 0.6) is 0 Å². The number of hydrogen-bond acceptors (Lipinski definition) is 4. The Morgan fingerprint density at radius 1 is 0.786 bits per heavy atom. The summed E-state index contributed by atoms with van der Waals surface area (Å²) in [5.41, 5.74) is 1.04. The van der Waals surface area contributed by atoms with Crippen molar-refractivity contribution in [3.05, 3.63) is 86.0 Å². The second kappa shape index (κ2) is 5.33. The summed E-state index contributed by atoms with van der Waals surface area (Å²) in [6.45, 7) is 0. The summed E-state index contributed by atoms with van der Waals surface area (Å²) in [5.74, 6) is 0. The molecule has 4 aromatic heterocycles. The molecule has 0 saturated carbocycles. The highest BCUT2D eigenvalue weighted by atomic mass is 79.9. The Morgan fingerprint density at radius 3 is 2.39 bits per heavy atom. The fourth-order valence-electron chi connectivity index (χ4n) is 4.04. The van der Waals surface area contributed by atoms with Crippen LogP contribution in [0.15, 0.2) is 74.9 Å². The molecule has 0 fully saturated rings. The monoisotopic (exact) mass is 427 g/mol. The van der Waals surface area contributed by atoms with Crippen LogP contribution in [0.2, 0.25) is 0 Å². The van der Waals surface area contributed by atoms with Gasteiger partial charge in [-0.25, -0.2) is 14.4 Å². The summed E-state index contributed by atoms with van der Waals surface area (Å²) < 4.78 is 2.14. The van der Waals surface area contributed by atoms with Gasteiger partial charge >= 0.3 is 0 Å². The number of hydrogen-bond donors (Lipinski definition) is 0. The molecular formula is C22H10BrN3O2. The number of benzene rings is 2. The van der Waals surface area contributed by atoms with E-state index >= 15 is 0 Å². The van der Waals surface area contributed by atoms with Crippen molar-refractivity contribution < 1.29 is 0 Å². The quantitative estimate of drug-likeness (QED) is 0.268. The minimum atomic E-state index is -0.358. The molecule has 0 bridgehead atoms. The fourth-order valence-corrected chi connectivity index (χ4v) is 4.50. The number of rotatable bonds is 0. The van der Waals surface area contributed by atoms with E-state index in [2.05, 4.69) is 25.9 Å². The van der Waals surface area contributed by atoms with E-state index in [1.165, 1.54) is 4.40 Å². The Labute approximate surface area is 165 Å². The Bertz CT molecular complexity index is 1720. The number of fused-ring (bicyclic) bond motifs is 5.